The zero-order valence-corrected chi connectivity index (χ0v) is 18.3. The van der Waals surface area contributed by atoms with Gasteiger partial charge in [-0.25, -0.2) is 4.39 Å². The molecular weight excluding hydrogens is 448 g/mol. The summed E-state index contributed by atoms with van der Waals surface area (Å²) in [5.74, 6) is 1.52. The predicted octanol–water partition coefficient (Wildman–Crippen LogP) is 3.56. The molecule has 0 aromatic heterocycles. The molecular formula is C19H33FIN3O2. The summed E-state index contributed by atoms with van der Waals surface area (Å²) in [5.41, 5.74) is 0. The number of hydrogen-bond acceptors (Lipinski definition) is 3. The molecule has 26 heavy (non-hydrogen) atoms. The molecule has 1 aromatic rings. The van der Waals surface area contributed by atoms with Crippen molar-refractivity contribution >= 4 is 29.9 Å². The molecule has 2 atom stereocenters. The van der Waals surface area contributed by atoms with Crippen LogP contribution >= 0.6 is 24.0 Å². The number of aliphatic hydroxyl groups is 1. The smallest absolute Gasteiger partial charge is 0.191 e. The molecule has 1 aromatic carbocycles. The average molecular weight is 481 g/mol. The Hall–Kier alpha value is -1.09. The van der Waals surface area contributed by atoms with Gasteiger partial charge in [0.1, 0.15) is 17.7 Å². The third-order valence-electron chi connectivity index (χ3n) is 3.79. The number of aliphatic hydroxyl groups excluding tert-OH is 1. The molecule has 1 rings (SSSR count). The van der Waals surface area contributed by atoms with Crippen molar-refractivity contribution in [2.24, 2.45) is 10.9 Å². The van der Waals surface area contributed by atoms with Crippen LogP contribution in [0.25, 0.3) is 0 Å². The fraction of sp³-hybridized carbons (Fsp3) is 0.632. The molecule has 0 heterocycles. The lowest BCUT2D eigenvalue weighted by Crippen LogP contribution is -2.42. The summed E-state index contributed by atoms with van der Waals surface area (Å²) in [6.45, 7) is 8.37. The van der Waals surface area contributed by atoms with Gasteiger partial charge in [0.15, 0.2) is 5.96 Å². The topological polar surface area (TPSA) is 65.9 Å². The number of nitrogens with one attached hydrogen (secondary N) is 2. The van der Waals surface area contributed by atoms with Crippen molar-refractivity contribution in [3.8, 4) is 5.75 Å². The fourth-order valence-electron chi connectivity index (χ4n) is 2.51. The molecule has 3 N–H and O–H groups in total. The normalized spacial score (nSPS) is 13.5. The van der Waals surface area contributed by atoms with Gasteiger partial charge >= 0.3 is 0 Å². The van der Waals surface area contributed by atoms with Crippen molar-refractivity contribution in [2.75, 3.05) is 26.2 Å². The summed E-state index contributed by atoms with van der Waals surface area (Å²) in [6.07, 6.45) is 2.85. The van der Waals surface area contributed by atoms with Crippen LogP contribution in [0.4, 0.5) is 4.39 Å². The predicted molar refractivity (Wildman–Crippen MR) is 116 cm³/mol. The zero-order chi connectivity index (χ0) is 18.5. The van der Waals surface area contributed by atoms with Gasteiger partial charge in [-0.1, -0.05) is 13.3 Å². The molecule has 0 amide bonds. The Kier molecular flexibility index (Phi) is 14.4. The van der Waals surface area contributed by atoms with E-state index in [2.05, 4.69) is 22.5 Å². The second kappa shape index (κ2) is 15.0. The minimum atomic E-state index is -0.274. The Morgan fingerprint density at radius 3 is 2.46 bits per heavy atom. The Labute approximate surface area is 173 Å². The van der Waals surface area contributed by atoms with E-state index < -0.39 is 0 Å². The van der Waals surface area contributed by atoms with Crippen LogP contribution in [0, 0.1) is 11.7 Å². The molecule has 0 aliphatic rings. The third-order valence-corrected chi connectivity index (χ3v) is 3.79. The summed E-state index contributed by atoms with van der Waals surface area (Å²) in [4.78, 5) is 4.62. The van der Waals surface area contributed by atoms with E-state index in [0.29, 0.717) is 24.8 Å². The molecule has 150 valence electrons. The average Bonchev–Trinajstić information content (AvgIpc) is 2.59. The quantitative estimate of drug-likeness (QED) is 0.257. The first kappa shape index (κ1) is 24.9. The third kappa shape index (κ3) is 10.8. The Balaban J connectivity index is 0.00000625. The number of benzene rings is 1. The van der Waals surface area contributed by atoms with E-state index in [1.807, 2.05) is 13.8 Å². The fourth-order valence-corrected chi connectivity index (χ4v) is 2.51. The number of rotatable bonds is 11. The van der Waals surface area contributed by atoms with E-state index in [9.17, 15) is 4.39 Å². The highest BCUT2D eigenvalue weighted by molar-refractivity contribution is 14.0. The summed E-state index contributed by atoms with van der Waals surface area (Å²) in [7, 11) is 0. The van der Waals surface area contributed by atoms with Crippen molar-refractivity contribution in [3.05, 3.63) is 30.1 Å². The first-order valence-electron chi connectivity index (χ1n) is 9.14. The standard InChI is InChI=1S/C19H32FN3O2.HI/c1-4-6-16(11-12-24)14-23-19(21-5-2)22-13-15(3)25-18-9-7-17(20)8-10-18;/h7-10,15-16,24H,4-6,11-14H2,1-3H3,(H2,21,22,23);1H. The first-order valence-corrected chi connectivity index (χ1v) is 9.14. The number of aliphatic imine (C=N–C) groups is 1. The highest BCUT2D eigenvalue weighted by atomic mass is 127. The second-order valence-corrected chi connectivity index (χ2v) is 6.15. The molecule has 0 bridgehead atoms. The van der Waals surface area contributed by atoms with Crippen molar-refractivity contribution in [2.45, 2.75) is 46.1 Å². The van der Waals surface area contributed by atoms with Gasteiger partial charge in [-0.15, -0.1) is 24.0 Å². The molecule has 7 heteroatoms. The van der Waals surface area contributed by atoms with E-state index in [-0.39, 0.29) is 42.5 Å². The van der Waals surface area contributed by atoms with Gasteiger partial charge in [-0.05, 0) is 56.9 Å². The van der Waals surface area contributed by atoms with Crippen molar-refractivity contribution in [1.82, 2.24) is 10.6 Å². The van der Waals surface area contributed by atoms with E-state index in [1.54, 1.807) is 12.1 Å². The van der Waals surface area contributed by atoms with Crippen molar-refractivity contribution in [1.29, 1.82) is 0 Å². The van der Waals surface area contributed by atoms with Crippen LogP contribution in [-0.4, -0.2) is 43.4 Å². The van der Waals surface area contributed by atoms with Gasteiger partial charge in [0.05, 0.1) is 6.54 Å². The molecule has 0 saturated heterocycles. The van der Waals surface area contributed by atoms with Crippen molar-refractivity contribution < 1.29 is 14.2 Å². The van der Waals surface area contributed by atoms with E-state index in [1.165, 1.54) is 12.1 Å². The van der Waals surface area contributed by atoms with Gasteiger partial charge in [0.25, 0.3) is 0 Å². The summed E-state index contributed by atoms with van der Waals surface area (Å²) >= 11 is 0. The van der Waals surface area contributed by atoms with Gasteiger partial charge in [-0.3, -0.25) is 4.99 Å². The SMILES string of the molecule is CCCC(CCO)CN=C(NCC)NCC(C)Oc1ccc(F)cc1.I. The minimum Gasteiger partial charge on any atom is -0.489 e. The largest absolute Gasteiger partial charge is 0.489 e. The number of hydrogen-bond donors (Lipinski definition) is 3. The second-order valence-electron chi connectivity index (χ2n) is 6.15. The van der Waals surface area contributed by atoms with Crippen LogP contribution < -0.4 is 15.4 Å². The molecule has 2 unspecified atom stereocenters. The molecule has 0 saturated carbocycles. The lowest BCUT2D eigenvalue weighted by atomic mass is 10.0. The maximum Gasteiger partial charge on any atom is 0.191 e. The Bertz CT molecular complexity index is 494. The minimum absolute atomic E-state index is 0. The molecule has 5 nitrogen and oxygen atoms in total. The number of guanidine groups is 1. The molecule has 0 fully saturated rings. The van der Waals surface area contributed by atoms with E-state index in [0.717, 1.165) is 31.8 Å². The number of halogens is 2. The summed E-state index contributed by atoms with van der Waals surface area (Å²) in [5, 5.41) is 15.6. The van der Waals surface area contributed by atoms with Crippen LogP contribution in [0.15, 0.2) is 29.3 Å². The Morgan fingerprint density at radius 2 is 1.88 bits per heavy atom. The lowest BCUT2D eigenvalue weighted by Gasteiger charge is -2.18. The summed E-state index contributed by atoms with van der Waals surface area (Å²) in [6, 6.07) is 6.01. The van der Waals surface area contributed by atoms with Crippen molar-refractivity contribution in [3.63, 3.8) is 0 Å². The maximum atomic E-state index is 12.9. The molecule has 0 spiro atoms. The van der Waals surface area contributed by atoms with Crippen LogP contribution in [0.2, 0.25) is 0 Å². The van der Waals surface area contributed by atoms with E-state index in [4.69, 9.17) is 9.84 Å². The zero-order valence-electron chi connectivity index (χ0n) is 16.0. The van der Waals surface area contributed by atoms with Gasteiger partial charge < -0.3 is 20.5 Å². The molecule has 0 radical (unpaired) electrons. The van der Waals surface area contributed by atoms with Crippen LogP contribution in [0.3, 0.4) is 0 Å². The lowest BCUT2D eigenvalue weighted by molar-refractivity contribution is 0.223. The first-order chi connectivity index (χ1) is 12.1. The Morgan fingerprint density at radius 1 is 1.19 bits per heavy atom. The monoisotopic (exact) mass is 481 g/mol. The summed E-state index contributed by atoms with van der Waals surface area (Å²) < 4.78 is 18.7. The highest BCUT2D eigenvalue weighted by Gasteiger charge is 2.09. The van der Waals surface area contributed by atoms with Gasteiger partial charge in [0, 0.05) is 19.7 Å². The molecule has 0 aliphatic carbocycles. The molecule has 0 aliphatic heterocycles. The van der Waals surface area contributed by atoms with E-state index >= 15 is 0 Å². The van der Waals surface area contributed by atoms with Crippen LogP contribution in [0.5, 0.6) is 5.75 Å². The van der Waals surface area contributed by atoms with Gasteiger partial charge in [0.2, 0.25) is 0 Å². The van der Waals surface area contributed by atoms with Gasteiger partial charge in [-0.2, -0.15) is 0 Å². The number of ether oxygens (including phenoxy) is 1. The van der Waals surface area contributed by atoms with Crippen LogP contribution in [-0.2, 0) is 0 Å². The highest BCUT2D eigenvalue weighted by Crippen LogP contribution is 2.13. The number of nitrogens with zero attached hydrogens (tertiary/aromatic N) is 1. The van der Waals surface area contributed by atoms with Crippen LogP contribution in [0.1, 0.15) is 40.0 Å². The maximum absolute atomic E-state index is 12.9.